The number of nitrogens with zero attached hydrogens (tertiary/aromatic N) is 2. The number of likely N-dealkylation sites (N-methyl/N-ethyl adjacent to an activating group) is 1. The molecule has 0 atom stereocenters. The van der Waals surface area contributed by atoms with E-state index in [1.54, 1.807) is 0 Å². The minimum atomic E-state index is -0.388. The molecule has 1 fully saturated rings. The third-order valence-electron chi connectivity index (χ3n) is 3.61. The summed E-state index contributed by atoms with van der Waals surface area (Å²) in [5.41, 5.74) is 0.845. The standard InChI is InChI=1S/C14H19Cl2FN2/c1-18-5-7-19(8-6-18)4-2-3-11-9-14(17)13(16)10-12(11)15/h9-10H,2-8H2,1H3. The Bertz CT molecular complexity index is 432. The van der Waals surface area contributed by atoms with E-state index >= 15 is 0 Å². The van der Waals surface area contributed by atoms with Crippen LogP contribution in [-0.4, -0.2) is 49.6 Å². The van der Waals surface area contributed by atoms with Crippen molar-refractivity contribution in [3.63, 3.8) is 0 Å². The molecule has 0 bridgehead atoms. The smallest absolute Gasteiger partial charge is 0.142 e. The zero-order valence-electron chi connectivity index (χ0n) is 11.1. The number of piperazine rings is 1. The quantitative estimate of drug-likeness (QED) is 0.788. The fourth-order valence-electron chi connectivity index (χ4n) is 2.32. The monoisotopic (exact) mass is 304 g/mol. The van der Waals surface area contributed by atoms with Gasteiger partial charge in [-0.15, -0.1) is 0 Å². The third kappa shape index (κ3) is 4.32. The van der Waals surface area contributed by atoms with Crippen LogP contribution in [0.3, 0.4) is 0 Å². The summed E-state index contributed by atoms with van der Waals surface area (Å²) in [6.07, 6.45) is 1.78. The molecule has 0 aliphatic carbocycles. The average molecular weight is 305 g/mol. The van der Waals surface area contributed by atoms with Gasteiger partial charge in [0.05, 0.1) is 5.02 Å². The Morgan fingerprint density at radius 1 is 1.11 bits per heavy atom. The SMILES string of the molecule is CN1CCN(CCCc2cc(F)c(Cl)cc2Cl)CC1. The molecule has 0 amide bonds. The molecule has 0 N–H and O–H groups in total. The predicted octanol–water partition coefficient (Wildman–Crippen LogP) is 3.31. The maximum absolute atomic E-state index is 13.4. The highest BCUT2D eigenvalue weighted by Gasteiger charge is 2.13. The molecule has 1 heterocycles. The number of rotatable bonds is 4. The summed E-state index contributed by atoms with van der Waals surface area (Å²) in [4.78, 5) is 4.78. The zero-order valence-corrected chi connectivity index (χ0v) is 12.6. The van der Waals surface area contributed by atoms with Crippen molar-refractivity contribution in [2.45, 2.75) is 12.8 Å². The van der Waals surface area contributed by atoms with Crippen LogP contribution in [-0.2, 0) is 6.42 Å². The molecule has 0 saturated carbocycles. The van der Waals surface area contributed by atoms with Gasteiger partial charge in [-0.05, 0) is 44.1 Å². The number of benzene rings is 1. The van der Waals surface area contributed by atoms with Crippen LogP contribution >= 0.6 is 23.2 Å². The van der Waals surface area contributed by atoms with Crippen LogP contribution in [0.4, 0.5) is 4.39 Å². The number of halogens is 3. The van der Waals surface area contributed by atoms with Crippen LogP contribution in [0.2, 0.25) is 10.0 Å². The van der Waals surface area contributed by atoms with Crippen LogP contribution in [0, 0.1) is 5.82 Å². The lowest BCUT2D eigenvalue weighted by Crippen LogP contribution is -2.44. The van der Waals surface area contributed by atoms with Gasteiger partial charge in [-0.2, -0.15) is 0 Å². The van der Waals surface area contributed by atoms with Gasteiger partial charge in [0.15, 0.2) is 0 Å². The van der Waals surface area contributed by atoms with Crippen molar-refractivity contribution in [1.82, 2.24) is 9.80 Å². The first-order chi connectivity index (χ1) is 9.06. The Labute approximate surface area is 124 Å². The fourth-order valence-corrected chi connectivity index (χ4v) is 2.80. The molecule has 106 valence electrons. The largest absolute Gasteiger partial charge is 0.304 e. The summed E-state index contributed by atoms with van der Waals surface area (Å²) in [5, 5.41) is 0.651. The normalized spacial score (nSPS) is 17.9. The predicted molar refractivity (Wildman–Crippen MR) is 78.7 cm³/mol. The summed E-state index contributed by atoms with van der Waals surface area (Å²) in [6.45, 7) is 5.50. The highest BCUT2D eigenvalue weighted by molar-refractivity contribution is 6.35. The number of hydrogen-bond donors (Lipinski definition) is 0. The lowest BCUT2D eigenvalue weighted by atomic mass is 10.1. The van der Waals surface area contributed by atoms with Gasteiger partial charge in [0.1, 0.15) is 5.82 Å². The molecule has 0 aromatic heterocycles. The van der Waals surface area contributed by atoms with E-state index in [0.29, 0.717) is 5.02 Å². The Balaban J connectivity index is 1.81. The molecule has 0 radical (unpaired) electrons. The van der Waals surface area contributed by atoms with Gasteiger partial charge in [-0.1, -0.05) is 23.2 Å². The first kappa shape index (κ1) is 15.0. The van der Waals surface area contributed by atoms with Gasteiger partial charge in [0, 0.05) is 31.2 Å². The maximum Gasteiger partial charge on any atom is 0.142 e. The van der Waals surface area contributed by atoms with Crippen molar-refractivity contribution in [2.24, 2.45) is 0 Å². The molecule has 19 heavy (non-hydrogen) atoms. The van der Waals surface area contributed by atoms with E-state index < -0.39 is 0 Å². The molecule has 1 aromatic carbocycles. The van der Waals surface area contributed by atoms with Gasteiger partial charge in [-0.3, -0.25) is 0 Å². The van der Waals surface area contributed by atoms with Crippen LogP contribution < -0.4 is 0 Å². The Hall–Kier alpha value is -0.350. The Kier molecular flexibility index (Phi) is 5.46. The second-order valence-electron chi connectivity index (χ2n) is 5.11. The minimum absolute atomic E-state index is 0.0906. The second kappa shape index (κ2) is 6.89. The van der Waals surface area contributed by atoms with E-state index in [1.165, 1.54) is 12.1 Å². The molecule has 0 spiro atoms. The summed E-state index contributed by atoms with van der Waals surface area (Å²) in [5.74, 6) is -0.388. The molecule has 2 rings (SSSR count). The molecule has 2 nitrogen and oxygen atoms in total. The van der Waals surface area contributed by atoms with Crippen molar-refractivity contribution < 1.29 is 4.39 Å². The van der Waals surface area contributed by atoms with E-state index in [2.05, 4.69) is 16.8 Å². The molecular formula is C14H19Cl2FN2. The van der Waals surface area contributed by atoms with E-state index in [0.717, 1.165) is 51.1 Å². The molecule has 5 heteroatoms. The van der Waals surface area contributed by atoms with Gasteiger partial charge < -0.3 is 9.80 Å². The minimum Gasteiger partial charge on any atom is -0.304 e. The summed E-state index contributed by atoms with van der Waals surface area (Å²) < 4.78 is 13.4. The molecular weight excluding hydrogens is 286 g/mol. The molecule has 0 unspecified atom stereocenters. The van der Waals surface area contributed by atoms with E-state index in [-0.39, 0.29) is 10.8 Å². The van der Waals surface area contributed by atoms with Crippen LogP contribution in [0.25, 0.3) is 0 Å². The van der Waals surface area contributed by atoms with Crippen molar-refractivity contribution >= 4 is 23.2 Å². The van der Waals surface area contributed by atoms with E-state index in [4.69, 9.17) is 23.2 Å². The third-order valence-corrected chi connectivity index (χ3v) is 4.25. The first-order valence-corrected chi connectivity index (χ1v) is 7.36. The highest BCUT2D eigenvalue weighted by Crippen LogP contribution is 2.25. The highest BCUT2D eigenvalue weighted by atomic mass is 35.5. The topological polar surface area (TPSA) is 6.48 Å². The summed E-state index contributed by atoms with van der Waals surface area (Å²) in [7, 11) is 2.15. The lowest BCUT2D eigenvalue weighted by Gasteiger charge is -2.32. The van der Waals surface area contributed by atoms with Gasteiger partial charge in [0.2, 0.25) is 0 Å². The lowest BCUT2D eigenvalue weighted by molar-refractivity contribution is 0.153. The Morgan fingerprint density at radius 3 is 2.47 bits per heavy atom. The molecule has 1 saturated heterocycles. The number of hydrogen-bond acceptors (Lipinski definition) is 2. The van der Waals surface area contributed by atoms with Gasteiger partial charge >= 0.3 is 0 Å². The van der Waals surface area contributed by atoms with E-state index in [1.807, 2.05) is 0 Å². The van der Waals surface area contributed by atoms with Gasteiger partial charge in [0.25, 0.3) is 0 Å². The van der Waals surface area contributed by atoms with Crippen molar-refractivity contribution in [2.75, 3.05) is 39.8 Å². The zero-order chi connectivity index (χ0) is 13.8. The van der Waals surface area contributed by atoms with Crippen molar-refractivity contribution in [3.05, 3.63) is 33.6 Å². The maximum atomic E-state index is 13.4. The molecule has 1 aliphatic heterocycles. The Morgan fingerprint density at radius 2 is 1.79 bits per heavy atom. The summed E-state index contributed by atoms with van der Waals surface area (Å²) >= 11 is 11.8. The van der Waals surface area contributed by atoms with E-state index in [9.17, 15) is 4.39 Å². The van der Waals surface area contributed by atoms with Crippen molar-refractivity contribution in [3.8, 4) is 0 Å². The van der Waals surface area contributed by atoms with Crippen LogP contribution in [0.15, 0.2) is 12.1 Å². The first-order valence-electron chi connectivity index (χ1n) is 6.60. The molecule has 1 aliphatic rings. The number of aryl methyl sites for hydroxylation is 1. The average Bonchev–Trinajstić information content (AvgIpc) is 2.38. The fraction of sp³-hybridized carbons (Fsp3) is 0.571. The van der Waals surface area contributed by atoms with Crippen LogP contribution in [0.1, 0.15) is 12.0 Å². The van der Waals surface area contributed by atoms with Crippen molar-refractivity contribution in [1.29, 1.82) is 0 Å². The van der Waals surface area contributed by atoms with Crippen LogP contribution in [0.5, 0.6) is 0 Å². The molecule has 1 aromatic rings. The van der Waals surface area contributed by atoms with Gasteiger partial charge in [-0.25, -0.2) is 4.39 Å². The summed E-state index contributed by atoms with van der Waals surface area (Å²) in [6, 6.07) is 2.94. The second-order valence-corrected chi connectivity index (χ2v) is 5.92.